The van der Waals surface area contributed by atoms with E-state index in [1.807, 2.05) is 12.1 Å². The molecule has 0 spiro atoms. The summed E-state index contributed by atoms with van der Waals surface area (Å²) in [5.74, 6) is 0. The third-order valence-electron chi connectivity index (χ3n) is 2.95. The molecule has 0 aliphatic rings. The second-order valence-electron chi connectivity index (χ2n) is 5.03. The van der Waals surface area contributed by atoms with Gasteiger partial charge in [0.05, 0.1) is 6.61 Å². The summed E-state index contributed by atoms with van der Waals surface area (Å²) in [4.78, 5) is 0. The van der Waals surface area contributed by atoms with Crippen molar-refractivity contribution in [3.63, 3.8) is 0 Å². The van der Waals surface area contributed by atoms with Crippen molar-refractivity contribution in [1.29, 1.82) is 0 Å². The molecule has 0 bridgehead atoms. The zero-order valence-corrected chi connectivity index (χ0v) is 13.5. The molecular weight excluding hydrogens is 272 g/mol. The number of hydrogen-bond acceptors (Lipinski definition) is 1. The Hall–Kier alpha value is -1.90. The van der Waals surface area contributed by atoms with Gasteiger partial charge in [0.15, 0.2) is 0 Å². The molecule has 2 heteroatoms. The van der Waals surface area contributed by atoms with Crippen LogP contribution in [0.5, 0.6) is 0 Å². The lowest BCUT2D eigenvalue weighted by atomic mass is 10.1. The maximum atomic E-state index is 5.82. The van der Waals surface area contributed by atoms with Gasteiger partial charge in [-0.1, -0.05) is 78.4 Å². The molecule has 106 valence electrons. The van der Waals surface area contributed by atoms with Crippen molar-refractivity contribution in [2.24, 2.45) is 0 Å². The van der Waals surface area contributed by atoms with Crippen LogP contribution in [-0.2, 0) is 4.43 Å². The fourth-order valence-corrected chi connectivity index (χ4v) is 2.67. The van der Waals surface area contributed by atoms with E-state index >= 15 is 0 Å². The Bertz CT molecular complexity index is 596. The molecule has 21 heavy (non-hydrogen) atoms. The van der Waals surface area contributed by atoms with Crippen molar-refractivity contribution in [2.75, 3.05) is 6.61 Å². The molecule has 2 rings (SSSR count). The predicted octanol–water partition coefficient (Wildman–Crippen LogP) is 4.79. The summed E-state index contributed by atoms with van der Waals surface area (Å²) < 4.78 is 5.82. The van der Waals surface area contributed by atoms with Crippen LogP contribution in [0.2, 0.25) is 0 Å². The van der Waals surface area contributed by atoms with Gasteiger partial charge < -0.3 is 4.43 Å². The molecule has 0 atom stereocenters. The number of allylic oxidation sites excluding steroid dienone is 1. The van der Waals surface area contributed by atoms with Crippen molar-refractivity contribution in [1.82, 2.24) is 0 Å². The maximum Gasteiger partial charge on any atom is 0.269 e. The minimum absolute atomic E-state index is 0.342. The van der Waals surface area contributed by atoms with E-state index in [0.717, 1.165) is 0 Å². The standard InChI is InChI=1S/C19H20OSi/c1-16(2)13-14-20-21-19(18-11-7-4-8-12-18)15-17-9-5-3-6-10-17/h3-13,15H,14H2,1-2H3/b19-15-. The van der Waals surface area contributed by atoms with Gasteiger partial charge in [0.2, 0.25) is 0 Å². The number of benzene rings is 2. The first-order valence-electron chi connectivity index (χ1n) is 7.09. The number of rotatable bonds is 6. The van der Waals surface area contributed by atoms with Crippen molar-refractivity contribution >= 4 is 21.0 Å². The molecule has 0 aliphatic carbocycles. The molecule has 0 unspecified atom stereocenters. The Balaban J connectivity index is 2.15. The van der Waals surface area contributed by atoms with Crippen LogP contribution in [0.1, 0.15) is 25.0 Å². The summed E-state index contributed by atoms with van der Waals surface area (Å²) in [5, 5.41) is 1.23. The summed E-state index contributed by atoms with van der Waals surface area (Å²) in [6, 6.07) is 20.8. The predicted molar refractivity (Wildman–Crippen MR) is 91.9 cm³/mol. The van der Waals surface area contributed by atoms with Gasteiger partial charge in [0, 0.05) is 0 Å². The SMILES string of the molecule is CC(C)=CCO[Si]/C(=C\c1ccccc1)c1ccccc1. The highest BCUT2D eigenvalue weighted by molar-refractivity contribution is 6.57. The van der Waals surface area contributed by atoms with Crippen LogP contribution in [0.25, 0.3) is 11.3 Å². The Labute approximate surface area is 129 Å². The molecule has 0 N–H and O–H groups in total. The fourth-order valence-electron chi connectivity index (χ4n) is 1.83. The lowest BCUT2D eigenvalue weighted by molar-refractivity contribution is 0.392. The molecule has 2 aromatic carbocycles. The molecule has 1 nitrogen and oxygen atoms in total. The molecule has 0 aliphatic heterocycles. The van der Waals surface area contributed by atoms with E-state index in [1.54, 1.807) is 0 Å². The third-order valence-corrected chi connectivity index (χ3v) is 3.92. The van der Waals surface area contributed by atoms with Crippen LogP contribution < -0.4 is 0 Å². The lowest BCUT2D eigenvalue weighted by Gasteiger charge is -2.07. The van der Waals surface area contributed by atoms with Gasteiger partial charge >= 0.3 is 0 Å². The zero-order chi connectivity index (χ0) is 14.9. The van der Waals surface area contributed by atoms with E-state index in [1.165, 1.54) is 21.9 Å². The van der Waals surface area contributed by atoms with Crippen LogP contribution in [0.3, 0.4) is 0 Å². The molecule has 0 saturated heterocycles. The van der Waals surface area contributed by atoms with E-state index in [9.17, 15) is 0 Å². The van der Waals surface area contributed by atoms with Crippen molar-refractivity contribution in [3.05, 3.63) is 83.4 Å². The largest absolute Gasteiger partial charge is 0.408 e. The van der Waals surface area contributed by atoms with Crippen LogP contribution in [0.4, 0.5) is 0 Å². The zero-order valence-electron chi connectivity index (χ0n) is 12.5. The van der Waals surface area contributed by atoms with E-state index in [2.05, 4.69) is 74.5 Å². The molecule has 0 heterocycles. The topological polar surface area (TPSA) is 9.23 Å². The van der Waals surface area contributed by atoms with Gasteiger partial charge in [0.1, 0.15) is 0 Å². The van der Waals surface area contributed by atoms with Crippen molar-refractivity contribution < 1.29 is 4.43 Å². The van der Waals surface area contributed by atoms with Crippen LogP contribution >= 0.6 is 0 Å². The van der Waals surface area contributed by atoms with Gasteiger partial charge in [-0.25, -0.2) is 0 Å². The summed E-state index contributed by atoms with van der Waals surface area (Å²) in [6.07, 6.45) is 4.31. The third kappa shape index (κ3) is 5.54. The van der Waals surface area contributed by atoms with Gasteiger partial charge in [-0.15, -0.1) is 0 Å². The molecular formula is C19H20OSi. The Morgan fingerprint density at radius 3 is 2.19 bits per heavy atom. The Morgan fingerprint density at radius 2 is 1.57 bits per heavy atom. The molecule has 0 amide bonds. The highest BCUT2D eigenvalue weighted by Gasteiger charge is 2.04. The van der Waals surface area contributed by atoms with Crippen molar-refractivity contribution in [2.45, 2.75) is 13.8 Å². The highest BCUT2D eigenvalue weighted by atomic mass is 28.2. The lowest BCUT2D eigenvalue weighted by Crippen LogP contribution is -2.03. The minimum atomic E-state index is 0.342. The summed E-state index contributed by atoms with van der Waals surface area (Å²) in [5.41, 5.74) is 3.71. The van der Waals surface area contributed by atoms with Crippen LogP contribution in [0.15, 0.2) is 72.3 Å². The van der Waals surface area contributed by atoms with E-state index < -0.39 is 0 Å². The summed E-state index contributed by atoms with van der Waals surface area (Å²) in [6.45, 7) is 4.84. The van der Waals surface area contributed by atoms with Gasteiger partial charge in [0.25, 0.3) is 9.76 Å². The first-order chi connectivity index (χ1) is 10.3. The highest BCUT2D eigenvalue weighted by Crippen LogP contribution is 2.17. The van der Waals surface area contributed by atoms with Gasteiger partial charge in [-0.05, 0) is 30.2 Å². The normalized spacial score (nSPS) is 11.2. The van der Waals surface area contributed by atoms with Crippen molar-refractivity contribution in [3.8, 4) is 0 Å². The van der Waals surface area contributed by atoms with Crippen LogP contribution in [-0.4, -0.2) is 16.4 Å². The molecule has 2 radical (unpaired) electrons. The maximum absolute atomic E-state index is 5.82. The molecule has 0 fully saturated rings. The minimum Gasteiger partial charge on any atom is -0.408 e. The average molecular weight is 292 g/mol. The van der Waals surface area contributed by atoms with E-state index in [0.29, 0.717) is 16.4 Å². The Kier molecular flexibility index (Phi) is 6.19. The number of hydrogen-bond donors (Lipinski definition) is 0. The van der Waals surface area contributed by atoms with E-state index in [4.69, 9.17) is 4.43 Å². The second kappa shape index (κ2) is 8.40. The summed E-state index contributed by atoms with van der Waals surface area (Å²) in [7, 11) is 0.342. The first kappa shape index (κ1) is 15.5. The molecule has 0 aromatic heterocycles. The Morgan fingerprint density at radius 1 is 0.952 bits per heavy atom. The average Bonchev–Trinajstić information content (AvgIpc) is 2.52. The van der Waals surface area contributed by atoms with Gasteiger partial charge in [-0.3, -0.25) is 0 Å². The smallest absolute Gasteiger partial charge is 0.269 e. The molecule has 0 saturated carbocycles. The van der Waals surface area contributed by atoms with Crippen LogP contribution in [0, 0.1) is 0 Å². The van der Waals surface area contributed by atoms with E-state index in [-0.39, 0.29) is 0 Å². The monoisotopic (exact) mass is 292 g/mol. The molecule has 2 aromatic rings. The van der Waals surface area contributed by atoms with Gasteiger partial charge in [-0.2, -0.15) is 0 Å². The second-order valence-corrected chi connectivity index (χ2v) is 6.06. The quantitative estimate of drug-likeness (QED) is 0.322. The summed E-state index contributed by atoms with van der Waals surface area (Å²) >= 11 is 0. The fraction of sp³-hybridized carbons (Fsp3) is 0.158. The first-order valence-corrected chi connectivity index (χ1v) is 8.00.